The number of hydrogen-bond acceptors (Lipinski definition) is 5. The first-order chi connectivity index (χ1) is 6.48. The number of aromatic nitrogens is 4. The lowest BCUT2D eigenvalue weighted by Gasteiger charge is -2.00. The monoisotopic (exact) mass is 276 g/mol. The summed E-state index contributed by atoms with van der Waals surface area (Å²) in [5.41, 5.74) is 0.437. The number of rotatable bonds is 1. The fourth-order valence-corrected chi connectivity index (χ4v) is 2.22. The summed E-state index contributed by atoms with van der Waals surface area (Å²) in [6, 6.07) is 1.58. The lowest BCUT2D eigenvalue weighted by atomic mass is 10.6. The van der Waals surface area contributed by atoms with Crippen molar-refractivity contribution in [3.63, 3.8) is 0 Å². The van der Waals surface area contributed by atoms with Gasteiger partial charge in [-0.05, 0) is 15.9 Å². The Kier molecular flexibility index (Phi) is 2.04. The topological polar surface area (TPSA) is 77.2 Å². The molecule has 0 saturated heterocycles. The minimum atomic E-state index is -3.40. The first-order valence-corrected chi connectivity index (χ1v) is 6.23. The maximum atomic E-state index is 11.3. The van der Waals surface area contributed by atoms with Gasteiger partial charge in [0.25, 0.3) is 5.16 Å². The highest BCUT2D eigenvalue weighted by Crippen LogP contribution is 2.13. The molecule has 8 heteroatoms. The van der Waals surface area contributed by atoms with Gasteiger partial charge >= 0.3 is 0 Å². The fourth-order valence-electron chi connectivity index (χ4n) is 1.01. The molecular formula is C6H5BrN4O2S. The summed E-state index contributed by atoms with van der Waals surface area (Å²) >= 11 is 3.10. The molecule has 0 unspecified atom stereocenters. The first-order valence-electron chi connectivity index (χ1n) is 3.55. The van der Waals surface area contributed by atoms with E-state index in [0.717, 1.165) is 6.26 Å². The van der Waals surface area contributed by atoms with Crippen molar-refractivity contribution in [2.24, 2.45) is 0 Å². The molecule has 0 aromatic carbocycles. The summed E-state index contributed by atoms with van der Waals surface area (Å²) in [6.07, 6.45) is 2.35. The van der Waals surface area contributed by atoms with Crippen LogP contribution in [-0.4, -0.2) is 34.3 Å². The molecule has 2 rings (SSSR count). The Morgan fingerprint density at radius 3 is 2.86 bits per heavy atom. The van der Waals surface area contributed by atoms with Gasteiger partial charge in [-0.1, -0.05) is 0 Å². The molecule has 2 heterocycles. The Balaban J connectivity index is 2.94. The van der Waals surface area contributed by atoms with Crippen LogP contribution in [0.4, 0.5) is 0 Å². The van der Waals surface area contributed by atoms with Crippen LogP contribution in [0.1, 0.15) is 0 Å². The maximum Gasteiger partial charge on any atom is 0.251 e. The smallest absolute Gasteiger partial charge is 0.221 e. The molecule has 2 aromatic heterocycles. The van der Waals surface area contributed by atoms with Crippen LogP contribution >= 0.6 is 15.9 Å². The Morgan fingerprint density at radius 2 is 2.21 bits per heavy atom. The lowest BCUT2D eigenvalue weighted by Crippen LogP contribution is -2.09. The van der Waals surface area contributed by atoms with Gasteiger partial charge in [-0.15, -0.1) is 0 Å². The van der Waals surface area contributed by atoms with Gasteiger partial charge in [0.05, 0.1) is 0 Å². The highest BCUT2D eigenvalue weighted by atomic mass is 79.9. The van der Waals surface area contributed by atoms with E-state index in [9.17, 15) is 8.42 Å². The minimum Gasteiger partial charge on any atom is -0.221 e. The molecule has 0 fully saturated rings. The van der Waals surface area contributed by atoms with Crippen molar-refractivity contribution in [3.05, 3.63) is 17.0 Å². The molecule has 0 spiro atoms. The molecule has 0 N–H and O–H groups in total. The second-order valence-electron chi connectivity index (χ2n) is 2.66. The Hall–Kier alpha value is -1.02. The van der Waals surface area contributed by atoms with E-state index in [0.29, 0.717) is 10.3 Å². The van der Waals surface area contributed by atoms with Crippen molar-refractivity contribution < 1.29 is 8.42 Å². The Morgan fingerprint density at radius 1 is 1.50 bits per heavy atom. The highest BCUT2D eigenvalue weighted by Gasteiger charge is 2.16. The van der Waals surface area contributed by atoms with Gasteiger partial charge < -0.3 is 0 Å². The average Bonchev–Trinajstić information content (AvgIpc) is 2.47. The maximum absolute atomic E-state index is 11.3. The summed E-state index contributed by atoms with van der Waals surface area (Å²) in [5.74, 6) is 0. The van der Waals surface area contributed by atoms with Crippen LogP contribution in [0.2, 0.25) is 0 Å². The van der Waals surface area contributed by atoms with Crippen molar-refractivity contribution in [2.45, 2.75) is 5.16 Å². The van der Waals surface area contributed by atoms with Gasteiger partial charge in [0.15, 0.2) is 5.65 Å². The van der Waals surface area contributed by atoms with Crippen LogP contribution in [-0.2, 0) is 9.84 Å². The largest absolute Gasteiger partial charge is 0.251 e. The zero-order valence-electron chi connectivity index (χ0n) is 7.05. The zero-order chi connectivity index (χ0) is 10.3. The van der Waals surface area contributed by atoms with Gasteiger partial charge in [-0.25, -0.2) is 18.4 Å². The molecule has 74 valence electrons. The normalized spacial score (nSPS) is 12.1. The lowest BCUT2D eigenvalue weighted by molar-refractivity contribution is 0.584. The quantitative estimate of drug-likeness (QED) is 0.553. The predicted octanol–water partition coefficient (Wildman–Crippen LogP) is 0.290. The number of sulfone groups is 1. The molecular weight excluding hydrogens is 272 g/mol. The van der Waals surface area contributed by atoms with Crippen molar-refractivity contribution in [3.8, 4) is 0 Å². The molecule has 0 aliphatic carbocycles. The average molecular weight is 277 g/mol. The van der Waals surface area contributed by atoms with Crippen molar-refractivity contribution in [1.29, 1.82) is 0 Å². The van der Waals surface area contributed by atoms with Crippen LogP contribution in [0.5, 0.6) is 0 Å². The molecule has 0 amide bonds. The van der Waals surface area contributed by atoms with Crippen LogP contribution < -0.4 is 0 Å². The molecule has 0 aliphatic heterocycles. The van der Waals surface area contributed by atoms with Gasteiger partial charge in [0.1, 0.15) is 10.9 Å². The summed E-state index contributed by atoms with van der Waals surface area (Å²) in [6.45, 7) is 0. The molecule has 6 nitrogen and oxygen atoms in total. The number of fused-ring (bicyclic) bond motifs is 1. The van der Waals surface area contributed by atoms with E-state index in [-0.39, 0.29) is 5.16 Å². The summed E-state index contributed by atoms with van der Waals surface area (Å²) < 4.78 is 24.2. The third-order valence-corrected chi connectivity index (χ3v) is 2.87. The molecule has 0 saturated carbocycles. The highest BCUT2D eigenvalue weighted by molar-refractivity contribution is 9.10. The first kappa shape index (κ1) is 9.53. The van der Waals surface area contributed by atoms with E-state index < -0.39 is 9.84 Å². The fraction of sp³-hybridized carbons (Fsp3) is 0.167. The van der Waals surface area contributed by atoms with E-state index in [1.54, 1.807) is 6.07 Å². The van der Waals surface area contributed by atoms with Gasteiger partial charge in [-0.3, -0.25) is 0 Å². The number of hydrogen-bond donors (Lipinski definition) is 0. The minimum absolute atomic E-state index is 0.126. The predicted molar refractivity (Wildman–Crippen MR) is 51.6 cm³/mol. The van der Waals surface area contributed by atoms with Crippen LogP contribution in [0.3, 0.4) is 0 Å². The zero-order valence-corrected chi connectivity index (χ0v) is 9.45. The standard InChI is InChI=1S/C6H5BrN4O2S/c1-14(12,13)6-10-4(7)2-5-8-3-9-11(5)6/h2-3H,1H3. The summed E-state index contributed by atoms with van der Waals surface area (Å²) in [5, 5.41) is 3.64. The van der Waals surface area contributed by atoms with E-state index in [4.69, 9.17) is 0 Å². The van der Waals surface area contributed by atoms with E-state index in [2.05, 4.69) is 31.0 Å². The molecule has 2 aromatic rings. The molecule has 0 atom stereocenters. The molecule has 0 radical (unpaired) electrons. The van der Waals surface area contributed by atoms with Crippen molar-refractivity contribution in [1.82, 2.24) is 19.6 Å². The van der Waals surface area contributed by atoms with E-state index >= 15 is 0 Å². The number of nitrogens with zero attached hydrogens (tertiary/aromatic N) is 4. The Bertz CT molecular complexity index is 591. The third kappa shape index (κ3) is 1.50. The third-order valence-electron chi connectivity index (χ3n) is 1.54. The summed E-state index contributed by atoms with van der Waals surface area (Å²) in [7, 11) is -3.40. The van der Waals surface area contributed by atoms with E-state index in [1.165, 1.54) is 10.8 Å². The van der Waals surface area contributed by atoms with Crippen molar-refractivity contribution in [2.75, 3.05) is 6.26 Å². The van der Waals surface area contributed by atoms with Crippen LogP contribution in [0, 0.1) is 0 Å². The summed E-state index contributed by atoms with van der Waals surface area (Å²) in [4.78, 5) is 7.71. The second-order valence-corrected chi connectivity index (χ2v) is 5.39. The van der Waals surface area contributed by atoms with Crippen LogP contribution in [0.15, 0.2) is 22.2 Å². The second kappa shape index (κ2) is 2.99. The van der Waals surface area contributed by atoms with E-state index in [1.807, 2.05) is 0 Å². The number of halogens is 1. The molecule has 14 heavy (non-hydrogen) atoms. The SMILES string of the molecule is CS(=O)(=O)c1nc(Br)cc2ncnn12. The van der Waals surface area contributed by atoms with Gasteiger partial charge in [0, 0.05) is 12.3 Å². The van der Waals surface area contributed by atoms with Crippen molar-refractivity contribution >= 4 is 31.4 Å². The van der Waals surface area contributed by atoms with Crippen LogP contribution in [0.25, 0.3) is 5.65 Å². The molecule has 0 bridgehead atoms. The van der Waals surface area contributed by atoms with Gasteiger partial charge in [-0.2, -0.15) is 9.61 Å². The van der Waals surface area contributed by atoms with Gasteiger partial charge in [0.2, 0.25) is 9.84 Å². The molecule has 0 aliphatic rings. The Labute approximate surface area is 88.0 Å².